The number of aromatic amines is 1. The molecule has 6 heteroatoms. The van der Waals surface area contributed by atoms with Crippen LogP contribution in [0, 0.1) is 0 Å². The van der Waals surface area contributed by atoms with Gasteiger partial charge in [0.05, 0.1) is 0 Å². The Kier molecular flexibility index (Phi) is 2.48. The summed E-state index contributed by atoms with van der Waals surface area (Å²) >= 11 is 0. The maximum atomic E-state index is 12.5. The second-order valence-electron chi connectivity index (χ2n) is 5.05. The normalized spacial score (nSPS) is 14.6. The molecule has 3 rings (SSSR count). The van der Waals surface area contributed by atoms with Gasteiger partial charge in [0.1, 0.15) is 11.0 Å². The van der Waals surface area contributed by atoms with Gasteiger partial charge in [-0.15, -0.1) is 0 Å². The van der Waals surface area contributed by atoms with Crippen molar-refractivity contribution >= 4 is 11.0 Å². The molecule has 0 atom stereocenters. The third-order valence-corrected chi connectivity index (χ3v) is 3.90. The van der Waals surface area contributed by atoms with E-state index in [-0.39, 0.29) is 10.8 Å². The number of aromatic nitrogens is 3. The number of H-pyrrole nitrogens is 1. The van der Waals surface area contributed by atoms with E-state index in [0.717, 1.165) is 29.5 Å². The Hall–Kier alpha value is -2.11. The molecule has 0 radical (unpaired) electrons. The highest BCUT2D eigenvalue weighted by atomic mass is 16.2. The Balaban J connectivity index is 2.61. The molecule has 100 valence electrons. The second kappa shape index (κ2) is 3.94. The fourth-order valence-electron chi connectivity index (χ4n) is 2.78. The number of fused-ring (bicyclic) bond motifs is 2. The van der Waals surface area contributed by atoms with Gasteiger partial charge in [0.25, 0.3) is 5.56 Å². The van der Waals surface area contributed by atoms with Gasteiger partial charge in [0.15, 0.2) is 5.43 Å². The predicted octanol–water partition coefficient (Wildman–Crippen LogP) is -0.196. The number of nitrogens with zero attached hydrogens (tertiary/aromatic N) is 2. The number of hydrogen-bond donors (Lipinski definition) is 1. The van der Waals surface area contributed by atoms with Gasteiger partial charge in [-0.3, -0.25) is 18.7 Å². The molecule has 0 aromatic carbocycles. The van der Waals surface area contributed by atoms with Gasteiger partial charge in [-0.05, 0) is 25.7 Å². The van der Waals surface area contributed by atoms with Gasteiger partial charge < -0.3 is 4.98 Å². The van der Waals surface area contributed by atoms with Crippen LogP contribution in [0.15, 0.2) is 14.4 Å². The minimum atomic E-state index is -0.521. The van der Waals surface area contributed by atoms with Gasteiger partial charge in [-0.2, -0.15) is 0 Å². The Morgan fingerprint density at radius 1 is 1.00 bits per heavy atom. The maximum absolute atomic E-state index is 12.5. The van der Waals surface area contributed by atoms with Crippen molar-refractivity contribution in [2.45, 2.75) is 25.7 Å². The Labute approximate surface area is 108 Å². The number of hydrogen-bond acceptors (Lipinski definition) is 3. The summed E-state index contributed by atoms with van der Waals surface area (Å²) in [6.07, 6.45) is 3.48. The molecule has 6 nitrogen and oxygen atoms in total. The van der Waals surface area contributed by atoms with Crippen molar-refractivity contribution in [3.8, 4) is 0 Å². The van der Waals surface area contributed by atoms with Gasteiger partial charge in [0, 0.05) is 25.4 Å². The van der Waals surface area contributed by atoms with Crippen molar-refractivity contribution in [1.29, 1.82) is 0 Å². The van der Waals surface area contributed by atoms with Crippen molar-refractivity contribution < 1.29 is 0 Å². The van der Waals surface area contributed by atoms with Crippen LogP contribution in [0.5, 0.6) is 0 Å². The Morgan fingerprint density at radius 3 is 2.42 bits per heavy atom. The number of aryl methyl sites for hydroxylation is 2. The monoisotopic (exact) mass is 261 g/mol. The summed E-state index contributed by atoms with van der Waals surface area (Å²) < 4.78 is 2.31. The van der Waals surface area contributed by atoms with E-state index in [1.165, 1.54) is 11.6 Å². The van der Waals surface area contributed by atoms with Crippen LogP contribution in [-0.2, 0) is 26.9 Å². The molecule has 2 heterocycles. The van der Waals surface area contributed by atoms with Crippen molar-refractivity contribution in [3.05, 3.63) is 42.3 Å². The molecule has 0 saturated heterocycles. The molecule has 2 aromatic heterocycles. The van der Waals surface area contributed by atoms with E-state index >= 15 is 0 Å². The minimum absolute atomic E-state index is 0.0882. The van der Waals surface area contributed by atoms with Crippen molar-refractivity contribution in [2.24, 2.45) is 14.1 Å². The van der Waals surface area contributed by atoms with E-state index in [9.17, 15) is 14.4 Å². The van der Waals surface area contributed by atoms with Crippen LogP contribution < -0.4 is 16.7 Å². The molecule has 19 heavy (non-hydrogen) atoms. The highest BCUT2D eigenvalue weighted by molar-refractivity contribution is 5.75. The van der Waals surface area contributed by atoms with Crippen LogP contribution in [0.25, 0.3) is 11.0 Å². The Bertz CT molecular complexity index is 855. The second-order valence-corrected chi connectivity index (χ2v) is 5.05. The Morgan fingerprint density at radius 2 is 1.68 bits per heavy atom. The number of nitrogens with one attached hydrogen (secondary N) is 1. The summed E-state index contributed by atoms with van der Waals surface area (Å²) in [7, 11) is 2.96. The fraction of sp³-hybridized carbons (Fsp3) is 0.462. The van der Waals surface area contributed by atoms with Gasteiger partial charge >= 0.3 is 5.69 Å². The molecule has 0 amide bonds. The summed E-state index contributed by atoms with van der Waals surface area (Å²) in [5.41, 5.74) is 0.733. The molecular formula is C13H15N3O3. The number of rotatable bonds is 0. The first kappa shape index (κ1) is 12.0. The first-order valence-electron chi connectivity index (χ1n) is 6.36. The molecule has 2 aromatic rings. The van der Waals surface area contributed by atoms with Crippen LogP contribution in [0.4, 0.5) is 0 Å². The SMILES string of the molecule is Cn1c(=O)c2c(=O)c3c([nH]c2n(C)c1=O)CCCC3. The van der Waals surface area contributed by atoms with E-state index in [4.69, 9.17) is 0 Å². The molecular weight excluding hydrogens is 246 g/mol. The summed E-state index contributed by atoms with van der Waals surface area (Å²) in [4.78, 5) is 39.6. The van der Waals surface area contributed by atoms with E-state index in [0.29, 0.717) is 17.6 Å². The van der Waals surface area contributed by atoms with E-state index in [1.807, 2.05) is 0 Å². The van der Waals surface area contributed by atoms with Crippen molar-refractivity contribution in [1.82, 2.24) is 14.1 Å². The highest BCUT2D eigenvalue weighted by Gasteiger charge is 2.20. The van der Waals surface area contributed by atoms with Crippen LogP contribution >= 0.6 is 0 Å². The molecule has 0 fully saturated rings. The zero-order valence-electron chi connectivity index (χ0n) is 10.9. The molecule has 1 aliphatic rings. The summed E-state index contributed by atoms with van der Waals surface area (Å²) in [5, 5.41) is 0.0882. The quantitative estimate of drug-likeness (QED) is 0.713. The smallest absolute Gasteiger partial charge is 0.332 e. The molecule has 0 unspecified atom stereocenters. The standard InChI is InChI=1S/C13H15N3O3/c1-15-11-9(12(18)16(2)13(15)19)10(17)7-5-3-4-6-8(7)14-11/h3-6H2,1-2H3,(H,14,17). The maximum Gasteiger partial charge on any atom is 0.332 e. The minimum Gasteiger partial charge on any atom is -0.344 e. The third-order valence-electron chi connectivity index (χ3n) is 3.90. The van der Waals surface area contributed by atoms with Crippen molar-refractivity contribution in [2.75, 3.05) is 0 Å². The van der Waals surface area contributed by atoms with Gasteiger partial charge in [0.2, 0.25) is 0 Å². The third kappa shape index (κ3) is 1.52. The lowest BCUT2D eigenvalue weighted by Crippen LogP contribution is -2.40. The molecule has 0 spiro atoms. The fourth-order valence-corrected chi connectivity index (χ4v) is 2.78. The molecule has 0 bridgehead atoms. The first-order chi connectivity index (χ1) is 9.02. The van der Waals surface area contributed by atoms with Crippen LogP contribution in [0.3, 0.4) is 0 Å². The van der Waals surface area contributed by atoms with Crippen LogP contribution in [0.1, 0.15) is 24.1 Å². The lowest BCUT2D eigenvalue weighted by Gasteiger charge is -2.17. The zero-order chi connectivity index (χ0) is 13.7. The van der Waals surface area contributed by atoms with E-state index < -0.39 is 11.2 Å². The molecule has 1 aliphatic carbocycles. The lowest BCUT2D eigenvalue weighted by atomic mass is 9.95. The highest BCUT2D eigenvalue weighted by Crippen LogP contribution is 2.17. The summed E-state index contributed by atoms with van der Waals surface area (Å²) in [6.45, 7) is 0. The van der Waals surface area contributed by atoms with E-state index in [2.05, 4.69) is 4.98 Å². The van der Waals surface area contributed by atoms with Crippen LogP contribution in [-0.4, -0.2) is 14.1 Å². The molecule has 0 saturated carbocycles. The molecule has 1 N–H and O–H groups in total. The summed E-state index contributed by atoms with van der Waals surface area (Å²) in [5.74, 6) is 0. The van der Waals surface area contributed by atoms with Gasteiger partial charge in [-0.25, -0.2) is 4.79 Å². The predicted molar refractivity (Wildman–Crippen MR) is 71.7 cm³/mol. The first-order valence-corrected chi connectivity index (χ1v) is 6.36. The zero-order valence-corrected chi connectivity index (χ0v) is 10.9. The topological polar surface area (TPSA) is 76.9 Å². The van der Waals surface area contributed by atoms with E-state index in [1.54, 1.807) is 7.05 Å². The van der Waals surface area contributed by atoms with Gasteiger partial charge in [-0.1, -0.05) is 0 Å². The molecule has 0 aliphatic heterocycles. The average Bonchev–Trinajstić information content (AvgIpc) is 2.43. The largest absolute Gasteiger partial charge is 0.344 e. The average molecular weight is 261 g/mol. The summed E-state index contributed by atoms with van der Waals surface area (Å²) in [6, 6.07) is 0. The van der Waals surface area contributed by atoms with Crippen LogP contribution in [0.2, 0.25) is 0 Å². The van der Waals surface area contributed by atoms with Crippen molar-refractivity contribution in [3.63, 3.8) is 0 Å². The lowest BCUT2D eigenvalue weighted by molar-refractivity contribution is 0.657. The number of pyridine rings is 1.